The van der Waals surface area contributed by atoms with Crippen LogP contribution >= 0.6 is 12.4 Å². The van der Waals surface area contributed by atoms with Crippen molar-refractivity contribution in [3.63, 3.8) is 0 Å². The van der Waals surface area contributed by atoms with E-state index in [0.717, 1.165) is 24.3 Å². The fourth-order valence-corrected chi connectivity index (χ4v) is 5.85. The SMILES string of the molecule is CC1CNCCN1C(=O)c1cccc(S(=O)(=O)N2c3ccccc3CC2C)c1.Cl. The first-order chi connectivity index (χ1) is 13.4. The topological polar surface area (TPSA) is 69.7 Å². The van der Waals surface area contributed by atoms with E-state index in [4.69, 9.17) is 0 Å². The first kappa shape index (κ1) is 21.6. The number of hydrogen-bond acceptors (Lipinski definition) is 4. The van der Waals surface area contributed by atoms with Crippen LogP contribution in [0.25, 0.3) is 0 Å². The van der Waals surface area contributed by atoms with Crippen molar-refractivity contribution in [1.82, 2.24) is 10.2 Å². The summed E-state index contributed by atoms with van der Waals surface area (Å²) < 4.78 is 28.3. The molecule has 1 saturated heterocycles. The molecule has 8 heteroatoms. The lowest BCUT2D eigenvalue weighted by Gasteiger charge is -2.34. The monoisotopic (exact) mass is 435 g/mol. The molecule has 1 amide bonds. The number of para-hydroxylation sites is 1. The van der Waals surface area contributed by atoms with Gasteiger partial charge in [0.1, 0.15) is 0 Å². The molecule has 0 spiro atoms. The van der Waals surface area contributed by atoms with E-state index in [1.54, 1.807) is 23.1 Å². The molecule has 0 aromatic heterocycles. The molecule has 0 aliphatic carbocycles. The van der Waals surface area contributed by atoms with Gasteiger partial charge in [-0.3, -0.25) is 9.10 Å². The maximum absolute atomic E-state index is 13.4. The third-order valence-corrected chi connectivity index (χ3v) is 7.47. The number of amides is 1. The van der Waals surface area contributed by atoms with Crippen molar-refractivity contribution >= 4 is 34.0 Å². The van der Waals surface area contributed by atoms with Crippen molar-refractivity contribution in [2.75, 3.05) is 23.9 Å². The molecule has 2 aliphatic heterocycles. The van der Waals surface area contributed by atoms with Gasteiger partial charge in [0.2, 0.25) is 0 Å². The zero-order chi connectivity index (χ0) is 19.9. The summed E-state index contributed by atoms with van der Waals surface area (Å²) in [7, 11) is -3.75. The average Bonchev–Trinajstić information content (AvgIpc) is 3.04. The van der Waals surface area contributed by atoms with E-state index in [2.05, 4.69) is 5.32 Å². The van der Waals surface area contributed by atoms with Gasteiger partial charge in [-0.05, 0) is 50.1 Å². The van der Waals surface area contributed by atoms with Gasteiger partial charge in [-0.1, -0.05) is 24.3 Å². The molecule has 0 radical (unpaired) electrons. The average molecular weight is 436 g/mol. The summed E-state index contributed by atoms with van der Waals surface area (Å²) in [5, 5.41) is 3.26. The molecule has 0 bridgehead atoms. The molecule has 2 heterocycles. The molecule has 29 heavy (non-hydrogen) atoms. The number of benzene rings is 2. The summed E-state index contributed by atoms with van der Waals surface area (Å²) in [5.74, 6) is -0.124. The fourth-order valence-electron chi connectivity index (χ4n) is 4.12. The number of halogens is 1. The van der Waals surface area contributed by atoms with Gasteiger partial charge in [0, 0.05) is 37.3 Å². The van der Waals surface area contributed by atoms with Gasteiger partial charge in [-0.15, -0.1) is 12.4 Å². The lowest BCUT2D eigenvalue weighted by Crippen LogP contribution is -2.52. The smallest absolute Gasteiger partial charge is 0.264 e. The van der Waals surface area contributed by atoms with Crippen LogP contribution in [0.3, 0.4) is 0 Å². The van der Waals surface area contributed by atoms with E-state index in [0.29, 0.717) is 18.5 Å². The highest BCUT2D eigenvalue weighted by molar-refractivity contribution is 7.92. The van der Waals surface area contributed by atoms with Crippen molar-refractivity contribution in [3.8, 4) is 0 Å². The number of nitrogens with zero attached hydrogens (tertiary/aromatic N) is 2. The number of hydrogen-bond donors (Lipinski definition) is 1. The van der Waals surface area contributed by atoms with Crippen molar-refractivity contribution < 1.29 is 13.2 Å². The van der Waals surface area contributed by atoms with Gasteiger partial charge in [0.15, 0.2) is 0 Å². The van der Waals surface area contributed by atoms with Crippen LogP contribution in [0.4, 0.5) is 5.69 Å². The Hall–Kier alpha value is -2.09. The van der Waals surface area contributed by atoms with E-state index >= 15 is 0 Å². The Morgan fingerprint density at radius 2 is 1.83 bits per heavy atom. The van der Waals surface area contributed by atoms with Crippen molar-refractivity contribution in [2.24, 2.45) is 0 Å². The second-order valence-electron chi connectivity index (χ2n) is 7.56. The second-order valence-corrected chi connectivity index (χ2v) is 9.38. The first-order valence-corrected chi connectivity index (χ1v) is 11.1. The Bertz CT molecular complexity index is 1010. The minimum Gasteiger partial charge on any atom is -0.333 e. The molecule has 0 saturated carbocycles. The zero-order valence-electron chi connectivity index (χ0n) is 16.5. The Morgan fingerprint density at radius 1 is 1.07 bits per heavy atom. The standard InChI is InChI=1S/C21H25N3O3S.ClH/c1-15-12-17-6-3-4-9-20(17)24(15)28(26,27)19-8-5-7-18(13-19)21(25)23-11-10-22-14-16(23)2;/h3-9,13,15-16,22H,10-12,14H2,1-2H3;1H. The van der Waals surface area contributed by atoms with E-state index in [1.807, 2.05) is 38.1 Å². The summed E-state index contributed by atoms with van der Waals surface area (Å²) in [5.41, 5.74) is 2.16. The Balaban J connectivity index is 0.00000240. The highest BCUT2D eigenvalue weighted by Gasteiger charge is 2.36. The van der Waals surface area contributed by atoms with E-state index in [-0.39, 0.29) is 35.3 Å². The van der Waals surface area contributed by atoms with Crippen molar-refractivity contribution in [2.45, 2.75) is 37.2 Å². The number of piperazine rings is 1. The van der Waals surface area contributed by atoms with Crippen LogP contribution in [0.5, 0.6) is 0 Å². The maximum atomic E-state index is 13.4. The molecule has 2 aliphatic rings. The molecule has 2 aromatic carbocycles. The van der Waals surface area contributed by atoms with Crippen LogP contribution < -0.4 is 9.62 Å². The maximum Gasteiger partial charge on any atom is 0.264 e. The van der Waals surface area contributed by atoms with Crippen LogP contribution in [0, 0.1) is 0 Å². The molecule has 156 valence electrons. The normalized spacial score (nSPS) is 21.4. The quantitative estimate of drug-likeness (QED) is 0.804. The van der Waals surface area contributed by atoms with Gasteiger partial charge in [-0.25, -0.2) is 8.42 Å². The molecule has 6 nitrogen and oxygen atoms in total. The molecule has 1 fully saturated rings. The molecule has 2 aromatic rings. The van der Waals surface area contributed by atoms with Crippen molar-refractivity contribution in [1.29, 1.82) is 0 Å². The largest absolute Gasteiger partial charge is 0.333 e. The summed E-state index contributed by atoms with van der Waals surface area (Å²) in [6.45, 7) is 6.01. The molecular formula is C21H26ClN3O3S. The second kappa shape index (κ2) is 8.34. The zero-order valence-corrected chi connectivity index (χ0v) is 18.2. The van der Waals surface area contributed by atoms with Crippen molar-refractivity contribution in [3.05, 3.63) is 59.7 Å². The molecule has 4 rings (SSSR count). The lowest BCUT2D eigenvalue weighted by atomic mass is 10.1. The summed E-state index contributed by atoms with van der Waals surface area (Å²) in [6, 6.07) is 13.9. The fraction of sp³-hybridized carbons (Fsp3) is 0.381. The van der Waals surface area contributed by atoms with Crippen LogP contribution in [0.2, 0.25) is 0 Å². The van der Waals surface area contributed by atoms with Gasteiger partial charge in [0.05, 0.1) is 10.6 Å². The first-order valence-electron chi connectivity index (χ1n) is 9.63. The summed E-state index contributed by atoms with van der Waals surface area (Å²) in [6.07, 6.45) is 0.687. The summed E-state index contributed by atoms with van der Waals surface area (Å²) in [4.78, 5) is 14.9. The minimum absolute atomic E-state index is 0. The number of fused-ring (bicyclic) bond motifs is 1. The number of rotatable bonds is 3. The van der Waals surface area contributed by atoms with E-state index < -0.39 is 10.0 Å². The molecule has 2 atom stereocenters. The van der Waals surface area contributed by atoms with Gasteiger partial charge >= 0.3 is 0 Å². The predicted octanol–water partition coefficient (Wildman–Crippen LogP) is 2.68. The van der Waals surface area contributed by atoms with E-state index in [9.17, 15) is 13.2 Å². The number of sulfonamides is 1. The molecular weight excluding hydrogens is 410 g/mol. The van der Waals surface area contributed by atoms with Gasteiger partial charge < -0.3 is 10.2 Å². The highest BCUT2D eigenvalue weighted by Crippen LogP contribution is 2.36. The van der Waals surface area contributed by atoms with E-state index in [1.165, 1.54) is 10.4 Å². The molecule has 2 unspecified atom stereocenters. The lowest BCUT2D eigenvalue weighted by molar-refractivity contribution is 0.0655. The van der Waals surface area contributed by atoms with Crippen LogP contribution in [0.15, 0.2) is 53.4 Å². The Morgan fingerprint density at radius 3 is 2.59 bits per heavy atom. The number of carbonyl (C=O) groups excluding carboxylic acids is 1. The predicted molar refractivity (Wildman–Crippen MR) is 116 cm³/mol. The summed E-state index contributed by atoms with van der Waals surface area (Å²) >= 11 is 0. The molecule has 1 N–H and O–H groups in total. The third kappa shape index (κ3) is 3.86. The third-order valence-electron chi connectivity index (χ3n) is 5.54. The minimum atomic E-state index is -3.75. The Kier molecular flexibility index (Phi) is 6.22. The number of nitrogens with one attached hydrogen (secondary N) is 1. The number of carbonyl (C=O) groups is 1. The van der Waals surface area contributed by atoms with Crippen LogP contribution in [-0.4, -0.2) is 50.9 Å². The van der Waals surface area contributed by atoms with Crippen LogP contribution in [-0.2, 0) is 16.4 Å². The van der Waals surface area contributed by atoms with Gasteiger partial charge in [-0.2, -0.15) is 0 Å². The Labute approximate surface area is 178 Å². The van der Waals surface area contributed by atoms with Gasteiger partial charge in [0.25, 0.3) is 15.9 Å². The van der Waals surface area contributed by atoms with Crippen LogP contribution in [0.1, 0.15) is 29.8 Å². The highest BCUT2D eigenvalue weighted by atomic mass is 35.5. The number of anilines is 1.